The fraction of sp³-hybridized carbons (Fsp3) is 0.0476. The molecule has 1 aliphatic rings. The Morgan fingerprint density at radius 2 is 1.70 bits per heavy atom. The van der Waals surface area contributed by atoms with E-state index in [1.807, 2.05) is 6.07 Å². The van der Waals surface area contributed by atoms with Crippen molar-refractivity contribution >= 4 is 23.3 Å². The molecule has 1 aliphatic heterocycles. The molecule has 0 saturated carbocycles. The van der Waals surface area contributed by atoms with Crippen molar-refractivity contribution < 1.29 is 14.7 Å². The summed E-state index contributed by atoms with van der Waals surface area (Å²) >= 11 is 0. The van der Waals surface area contributed by atoms with Gasteiger partial charge in [-0.25, -0.2) is 4.98 Å². The Balaban J connectivity index is 1.95. The Morgan fingerprint density at radius 3 is 2.37 bits per heavy atom. The molecule has 27 heavy (non-hydrogen) atoms. The minimum atomic E-state index is -0.811. The van der Waals surface area contributed by atoms with Crippen LogP contribution >= 0.6 is 0 Å². The van der Waals surface area contributed by atoms with Crippen molar-refractivity contribution in [1.29, 1.82) is 0 Å². The van der Waals surface area contributed by atoms with Crippen LogP contribution in [-0.2, 0) is 9.59 Å². The van der Waals surface area contributed by atoms with Gasteiger partial charge in [0.05, 0.1) is 11.6 Å². The largest absolute Gasteiger partial charge is 0.507 e. The second-order valence-electron chi connectivity index (χ2n) is 6.01. The lowest BCUT2D eigenvalue weighted by atomic mass is 9.96. The molecule has 132 valence electrons. The molecule has 2 aromatic heterocycles. The van der Waals surface area contributed by atoms with E-state index in [-0.39, 0.29) is 11.3 Å². The summed E-state index contributed by atoms with van der Waals surface area (Å²) in [5, 5.41) is 10.8. The van der Waals surface area contributed by atoms with Crippen LogP contribution in [0.15, 0.2) is 84.8 Å². The quantitative estimate of drug-likeness (QED) is 0.442. The highest BCUT2D eigenvalue weighted by Gasteiger charge is 2.47. The van der Waals surface area contributed by atoms with Gasteiger partial charge in [-0.3, -0.25) is 19.5 Å². The Bertz CT molecular complexity index is 1020. The molecule has 6 heteroatoms. The van der Waals surface area contributed by atoms with Gasteiger partial charge in [-0.2, -0.15) is 0 Å². The molecule has 1 fully saturated rings. The van der Waals surface area contributed by atoms with E-state index in [4.69, 9.17) is 0 Å². The minimum absolute atomic E-state index is 0.0184. The molecule has 0 spiro atoms. The average Bonchev–Trinajstić information content (AvgIpc) is 3.00. The fourth-order valence-electron chi connectivity index (χ4n) is 3.17. The second-order valence-corrected chi connectivity index (χ2v) is 6.01. The molecule has 1 amide bonds. The molecule has 1 atom stereocenters. The van der Waals surface area contributed by atoms with Crippen molar-refractivity contribution in [3.63, 3.8) is 0 Å². The highest BCUT2D eigenvalue weighted by molar-refractivity contribution is 6.51. The van der Waals surface area contributed by atoms with Gasteiger partial charge in [-0.1, -0.05) is 42.5 Å². The van der Waals surface area contributed by atoms with Gasteiger partial charge in [0.1, 0.15) is 11.6 Å². The SMILES string of the molecule is O=C1C(=O)N(c2ccccn2)[C@@H](c2cccnc2)/C1=C(\O)c1ccccc1. The maximum absolute atomic E-state index is 12.8. The minimum Gasteiger partial charge on any atom is -0.507 e. The normalized spacial score (nSPS) is 18.7. The fourth-order valence-corrected chi connectivity index (χ4v) is 3.17. The van der Waals surface area contributed by atoms with Crippen molar-refractivity contribution in [2.24, 2.45) is 0 Å². The summed E-state index contributed by atoms with van der Waals surface area (Å²) in [4.78, 5) is 35.3. The van der Waals surface area contributed by atoms with Crippen LogP contribution in [0.3, 0.4) is 0 Å². The molecule has 1 aromatic carbocycles. The number of aromatic nitrogens is 2. The van der Waals surface area contributed by atoms with Crippen molar-refractivity contribution in [2.75, 3.05) is 4.90 Å². The topological polar surface area (TPSA) is 83.4 Å². The summed E-state index contributed by atoms with van der Waals surface area (Å²) in [6.45, 7) is 0. The maximum atomic E-state index is 12.8. The standard InChI is InChI=1S/C21H15N3O3/c25-19(14-7-2-1-3-8-14)17-18(15-9-6-11-22-13-15)24(21(27)20(17)26)16-10-4-5-12-23-16/h1-13,18,25H/b19-17+/t18-/m0/s1. The first-order chi connectivity index (χ1) is 13.2. The Hall–Kier alpha value is -3.80. The third kappa shape index (κ3) is 2.87. The van der Waals surface area contributed by atoms with Gasteiger partial charge < -0.3 is 5.11 Å². The third-order valence-corrected chi connectivity index (χ3v) is 4.39. The predicted molar refractivity (Wildman–Crippen MR) is 99.7 cm³/mol. The summed E-state index contributed by atoms with van der Waals surface area (Å²) in [6, 6.07) is 16.5. The van der Waals surface area contributed by atoms with Crippen LogP contribution in [0.5, 0.6) is 0 Å². The number of anilines is 1. The van der Waals surface area contributed by atoms with Gasteiger partial charge in [0.25, 0.3) is 5.78 Å². The summed E-state index contributed by atoms with van der Waals surface area (Å²) in [5.74, 6) is -1.38. The van der Waals surface area contributed by atoms with Crippen LogP contribution in [0.2, 0.25) is 0 Å². The van der Waals surface area contributed by atoms with Crippen LogP contribution in [0.4, 0.5) is 5.82 Å². The third-order valence-electron chi connectivity index (χ3n) is 4.39. The molecule has 6 nitrogen and oxygen atoms in total. The van der Waals surface area contributed by atoms with Crippen molar-refractivity contribution in [2.45, 2.75) is 6.04 Å². The average molecular weight is 357 g/mol. The lowest BCUT2D eigenvalue weighted by Crippen LogP contribution is -2.30. The monoisotopic (exact) mass is 357 g/mol. The number of benzene rings is 1. The number of hydrogen-bond donors (Lipinski definition) is 1. The van der Waals surface area contributed by atoms with E-state index in [0.29, 0.717) is 16.9 Å². The van der Waals surface area contributed by atoms with Crippen molar-refractivity contribution in [1.82, 2.24) is 9.97 Å². The number of amides is 1. The Labute approximate surface area is 155 Å². The highest BCUT2D eigenvalue weighted by Crippen LogP contribution is 2.41. The molecule has 4 rings (SSSR count). The first kappa shape index (κ1) is 16.7. The van der Waals surface area contributed by atoms with Crippen LogP contribution in [0.1, 0.15) is 17.2 Å². The van der Waals surface area contributed by atoms with E-state index in [9.17, 15) is 14.7 Å². The smallest absolute Gasteiger partial charge is 0.301 e. The lowest BCUT2D eigenvalue weighted by molar-refractivity contribution is -0.132. The molecule has 0 aliphatic carbocycles. The predicted octanol–water partition coefficient (Wildman–Crippen LogP) is 3.10. The number of aliphatic hydroxyl groups excluding tert-OH is 1. The number of aliphatic hydroxyl groups is 1. The molecule has 3 aromatic rings. The summed E-state index contributed by atoms with van der Waals surface area (Å²) in [6.07, 6.45) is 4.73. The van der Waals surface area contributed by atoms with Gasteiger partial charge in [0, 0.05) is 24.2 Å². The first-order valence-corrected chi connectivity index (χ1v) is 8.36. The van der Waals surface area contributed by atoms with Crippen molar-refractivity contribution in [3.8, 4) is 0 Å². The van der Waals surface area contributed by atoms with E-state index in [1.165, 1.54) is 4.90 Å². The Morgan fingerprint density at radius 1 is 0.926 bits per heavy atom. The van der Waals surface area contributed by atoms with Crippen molar-refractivity contribution in [3.05, 3.63) is 96.0 Å². The Kier molecular flexibility index (Phi) is 4.22. The number of hydrogen-bond acceptors (Lipinski definition) is 5. The molecule has 0 radical (unpaired) electrons. The van der Waals surface area contributed by atoms with Gasteiger partial charge >= 0.3 is 5.91 Å². The molecular weight excluding hydrogens is 342 g/mol. The lowest BCUT2D eigenvalue weighted by Gasteiger charge is -2.24. The summed E-state index contributed by atoms with van der Waals surface area (Å²) < 4.78 is 0. The van der Waals surface area contributed by atoms with Gasteiger partial charge in [-0.05, 0) is 23.8 Å². The number of Topliss-reactive ketones (excluding diaryl/α,β-unsaturated/α-hetero) is 1. The number of pyridine rings is 2. The maximum Gasteiger partial charge on any atom is 0.301 e. The molecule has 3 heterocycles. The van der Waals surface area contributed by atoms with Crippen LogP contribution < -0.4 is 4.90 Å². The first-order valence-electron chi connectivity index (χ1n) is 8.36. The zero-order valence-electron chi connectivity index (χ0n) is 14.2. The molecular formula is C21H15N3O3. The van der Waals surface area contributed by atoms with Gasteiger partial charge in [-0.15, -0.1) is 0 Å². The van der Waals surface area contributed by atoms with E-state index in [2.05, 4.69) is 9.97 Å². The van der Waals surface area contributed by atoms with Crippen LogP contribution in [0, 0.1) is 0 Å². The number of nitrogens with zero attached hydrogens (tertiary/aromatic N) is 3. The van der Waals surface area contributed by atoms with Crippen LogP contribution in [-0.4, -0.2) is 26.8 Å². The second kappa shape index (κ2) is 6.84. The molecule has 0 unspecified atom stereocenters. The van der Waals surface area contributed by atoms with E-state index in [1.54, 1.807) is 73.2 Å². The van der Waals surface area contributed by atoms with Gasteiger partial charge in [0.2, 0.25) is 0 Å². The van der Waals surface area contributed by atoms with Crippen LogP contribution in [0.25, 0.3) is 5.76 Å². The number of carbonyl (C=O) groups is 2. The van der Waals surface area contributed by atoms with Gasteiger partial charge in [0.15, 0.2) is 0 Å². The summed E-state index contributed by atoms with van der Waals surface area (Å²) in [7, 11) is 0. The van der Waals surface area contributed by atoms with E-state index >= 15 is 0 Å². The number of carbonyl (C=O) groups excluding carboxylic acids is 2. The molecule has 1 saturated heterocycles. The summed E-state index contributed by atoms with van der Waals surface area (Å²) in [5.41, 5.74) is 1.09. The zero-order valence-corrected chi connectivity index (χ0v) is 14.2. The van der Waals surface area contributed by atoms with E-state index in [0.717, 1.165) is 0 Å². The number of rotatable bonds is 3. The molecule has 0 bridgehead atoms. The zero-order chi connectivity index (χ0) is 18.8. The van der Waals surface area contributed by atoms with E-state index < -0.39 is 17.7 Å². The number of ketones is 1. The highest BCUT2D eigenvalue weighted by atomic mass is 16.3. The molecule has 1 N–H and O–H groups in total.